The van der Waals surface area contributed by atoms with E-state index in [1.807, 2.05) is 6.07 Å². The summed E-state index contributed by atoms with van der Waals surface area (Å²) in [6.07, 6.45) is 0. The van der Waals surface area contributed by atoms with Crippen LogP contribution in [0.2, 0.25) is 0 Å². The molecule has 2 aromatic carbocycles. The van der Waals surface area contributed by atoms with Crippen LogP contribution in [0, 0.1) is 5.92 Å². The molecule has 0 aliphatic heterocycles. The number of hydrogen-bond donors (Lipinski definition) is 1. The molecule has 1 nitrogen and oxygen atoms in total. The molecule has 0 heterocycles. The zero-order chi connectivity index (χ0) is 12.1. The molecule has 1 N–H and O–H groups in total. The molecule has 0 amide bonds. The summed E-state index contributed by atoms with van der Waals surface area (Å²) in [5.74, 6) is 0.652. The molecule has 0 aliphatic rings. The fourth-order valence-corrected chi connectivity index (χ4v) is 1.82. The zero-order valence-electron chi connectivity index (χ0n) is 10.5. The molecule has 0 fully saturated rings. The number of hydrogen-bond acceptors (Lipinski definition) is 1. The van der Waals surface area contributed by atoms with Crippen LogP contribution in [0.1, 0.15) is 13.8 Å². The van der Waals surface area contributed by atoms with Crippen LogP contribution in [0.5, 0.6) is 0 Å². The summed E-state index contributed by atoms with van der Waals surface area (Å²) in [6, 6.07) is 19.0. The maximum Gasteiger partial charge on any atom is 0.0419 e. The van der Waals surface area contributed by atoms with Gasteiger partial charge in [0, 0.05) is 17.8 Å². The molecule has 0 aliphatic carbocycles. The smallest absolute Gasteiger partial charge is 0.0419 e. The third-order valence-electron chi connectivity index (χ3n) is 2.71. The maximum absolute atomic E-state index is 3.51. The molecule has 0 unspecified atom stereocenters. The van der Waals surface area contributed by atoms with E-state index in [-0.39, 0.29) is 0 Å². The minimum atomic E-state index is 0.652. The van der Waals surface area contributed by atoms with Gasteiger partial charge in [-0.2, -0.15) is 0 Å². The molecule has 0 saturated heterocycles. The highest BCUT2D eigenvalue weighted by molar-refractivity contribution is 5.77. The summed E-state index contributed by atoms with van der Waals surface area (Å²) in [5, 5.41) is 3.51. The van der Waals surface area contributed by atoms with Crippen LogP contribution in [0.4, 0.5) is 5.69 Å². The first-order chi connectivity index (χ1) is 8.27. The quantitative estimate of drug-likeness (QED) is 0.812. The lowest BCUT2D eigenvalue weighted by atomic mass is 10.0. The van der Waals surface area contributed by atoms with E-state index >= 15 is 0 Å². The van der Waals surface area contributed by atoms with Gasteiger partial charge in [-0.1, -0.05) is 62.4 Å². The zero-order valence-corrected chi connectivity index (χ0v) is 10.5. The minimum absolute atomic E-state index is 0.652. The maximum atomic E-state index is 3.51. The van der Waals surface area contributed by atoms with Gasteiger partial charge in [-0.15, -0.1) is 0 Å². The van der Waals surface area contributed by atoms with Crippen molar-refractivity contribution in [2.75, 3.05) is 11.9 Å². The van der Waals surface area contributed by atoms with Gasteiger partial charge in [0.1, 0.15) is 0 Å². The van der Waals surface area contributed by atoms with Gasteiger partial charge in [0.25, 0.3) is 0 Å². The summed E-state index contributed by atoms with van der Waals surface area (Å²) in [7, 11) is 0. The Morgan fingerprint density at radius 3 is 2.24 bits per heavy atom. The van der Waals surface area contributed by atoms with E-state index in [4.69, 9.17) is 0 Å². The van der Waals surface area contributed by atoms with E-state index in [1.54, 1.807) is 0 Å². The fourth-order valence-electron chi connectivity index (χ4n) is 1.82. The molecule has 2 rings (SSSR count). The van der Waals surface area contributed by atoms with E-state index < -0.39 is 0 Å². The van der Waals surface area contributed by atoms with Gasteiger partial charge in [0.05, 0.1) is 0 Å². The van der Waals surface area contributed by atoms with Crippen molar-refractivity contribution < 1.29 is 0 Å². The molecular weight excluding hydrogens is 206 g/mol. The molecule has 88 valence electrons. The summed E-state index contributed by atoms with van der Waals surface area (Å²) < 4.78 is 0. The first kappa shape index (κ1) is 11.7. The van der Waals surface area contributed by atoms with Crippen LogP contribution in [0.25, 0.3) is 11.1 Å². The SMILES string of the molecule is CC(C)CNc1ccccc1-c1ccccc1. The molecule has 2 aromatic rings. The Morgan fingerprint density at radius 1 is 0.882 bits per heavy atom. The third-order valence-corrected chi connectivity index (χ3v) is 2.71. The van der Waals surface area contributed by atoms with Gasteiger partial charge in [-0.25, -0.2) is 0 Å². The summed E-state index contributed by atoms with van der Waals surface area (Å²) in [6.45, 7) is 5.44. The highest BCUT2D eigenvalue weighted by atomic mass is 14.9. The fraction of sp³-hybridized carbons (Fsp3) is 0.250. The van der Waals surface area contributed by atoms with Crippen LogP contribution in [-0.4, -0.2) is 6.54 Å². The molecule has 0 radical (unpaired) electrons. The molecular formula is C16H19N. The van der Waals surface area contributed by atoms with Crippen LogP contribution >= 0.6 is 0 Å². The standard InChI is InChI=1S/C16H19N/c1-13(2)12-17-16-11-7-6-10-15(16)14-8-4-3-5-9-14/h3-11,13,17H,12H2,1-2H3. The lowest BCUT2D eigenvalue weighted by Crippen LogP contribution is -2.08. The van der Waals surface area contributed by atoms with Crippen molar-refractivity contribution >= 4 is 5.69 Å². The minimum Gasteiger partial charge on any atom is -0.384 e. The molecule has 0 atom stereocenters. The topological polar surface area (TPSA) is 12.0 Å². The van der Waals surface area contributed by atoms with E-state index in [0.717, 1.165) is 6.54 Å². The van der Waals surface area contributed by atoms with E-state index in [2.05, 4.69) is 67.7 Å². The summed E-state index contributed by atoms with van der Waals surface area (Å²) in [5.41, 5.74) is 3.75. The molecule has 0 aromatic heterocycles. The van der Waals surface area contributed by atoms with Gasteiger partial charge >= 0.3 is 0 Å². The van der Waals surface area contributed by atoms with E-state index in [1.165, 1.54) is 16.8 Å². The van der Waals surface area contributed by atoms with Crippen LogP contribution in [0.15, 0.2) is 54.6 Å². The molecule has 0 saturated carbocycles. The number of rotatable bonds is 4. The molecule has 0 bridgehead atoms. The number of anilines is 1. The van der Waals surface area contributed by atoms with Crippen LogP contribution < -0.4 is 5.32 Å². The monoisotopic (exact) mass is 225 g/mol. The number of benzene rings is 2. The second-order valence-electron chi connectivity index (χ2n) is 4.69. The van der Waals surface area contributed by atoms with E-state index in [0.29, 0.717) is 5.92 Å². The van der Waals surface area contributed by atoms with Crippen LogP contribution in [0.3, 0.4) is 0 Å². The highest BCUT2D eigenvalue weighted by Gasteiger charge is 2.03. The largest absolute Gasteiger partial charge is 0.384 e. The highest BCUT2D eigenvalue weighted by Crippen LogP contribution is 2.27. The first-order valence-corrected chi connectivity index (χ1v) is 6.15. The summed E-state index contributed by atoms with van der Waals surface area (Å²) in [4.78, 5) is 0. The Labute approximate surface area is 103 Å². The average molecular weight is 225 g/mol. The van der Waals surface area contributed by atoms with Crippen molar-refractivity contribution in [2.24, 2.45) is 5.92 Å². The van der Waals surface area contributed by atoms with Crippen molar-refractivity contribution in [2.45, 2.75) is 13.8 Å². The van der Waals surface area contributed by atoms with Crippen molar-refractivity contribution in [3.8, 4) is 11.1 Å². The van der Waals surface area contributed by atoms with Crippen molar-refractivity contribution in [3.05, 3.63) is 54.6 Å². The Hall–Kier alpha value is -1.76. The van der Waals surface area contributed by atoms with Gasteiger partial charge in [0.15, 0.2) is 0 Å². The second kappa shape index (κ2) is 5.53. The number of para-hydroxylation sites is 1. The lowest BCUT2D eigenvalue weighted by Gasteiger charge is -2.13. The third kappa shape index (κ3) is 3.10. The molecule has 1 heteroatoms. The Bertz CT molecular complexity index is 460. The predicted octanol–water partition coefficient (Wildman–Crippen LogP) is 4.42. The van der Waals surface area contributed by atoms with E-state index in [9.17, 15) is 0 Å². The number of nitrogens with one attached hydrogen (secondary N) is 1. The van der Waals surface area contributed by atoms with Crippen molar-refractivity contribution in [1.82, 2.24) is 0 Å². The van der Waals surface area contributed by atoms with Gasteiger partial charge < -0.3 is 5.32 Å². The van der Waals surface area contributed by atoms with Gasteiger partial charge in [-0.3, -0.25) is 0 Å². The van der Waals surface area contributed by atoms with Crippen molar-refractivity contribution in [3.63, 3.8) is 0 Å². The molecule has 0 spiro atoms. The predicted molar refractivity (Wildman–Crippen MR) is 75.2 cm³/mol. The van der Waals surface area contributed by atoms with Crippen molar-refractivity contribution in [1.29, 1.82) is 0 Å². The Balaban J connectivity index is 2.28. The average Bonchev–Trinajstić information content (AvgIpc) is 2.38. The normalized spacial score (nSPS) is 10.5. The molecule has 17 heavy (non-hydrogen) atoms. The van der Waals surface area contributed by atoms with Crippen LogP contribution in [-0.2, 0) is 0 Å². The first-order valence-electron chi connectivity index (χ1n) is 6.15. The Kier molecular flexibility index (Phi) is 3.81. The summed E-state index contributed by atoms with van der Waals surface area (Å²) >= 11 is 0. The van der Waals surface area contributed by atoms with Gasteiger partial charge in [0.2, 0.25) is 0 Å². The lowest BCUT2D eigenvalue weighted by molar-refractivity contribution is 0.689. The van der Waals surface area contributed by atoms with Gasteiger partial charge in [-0.05, 0) is 17.5 Å². The second-order valence-corrected chi connectivity index (χ2v) is 4.69. The Morgan fingerprint density at radius 2 is 1.53 bits per heavy atom.